The van der Waals surface area contributed by atoms with Crippen LogP contribution in [0, 0.1) is 6.92 Å². The molecule has 1 atom stereocenters. The van der Waals surface area contributed by atoms with Gasteiger partial charge in [-0.15, -0.1) is 0 Å². The van der Waals surface area contributed by atoms with Crippen molar-refractivity contribution in [2.24, 2.45) is 0 Å². The number of carboxylic acid groups (broad SMARTS) is 1. The molecule has 0 aromatic heterocycles. The van der Waals surface area contributed by atoms with E-state index in [1.807, 2.05) is 24.3 Å². The maximum atomic E-state index is 12.3. The van der Waals surface area contributed by atoms with Gasteiger partial charge in [-0.1, -0.05) is 101 Å². The summed E-state index contributed by atoms with van der Waals surface area (Å²) in [7, 11) is -0.830. The van der Waals surface area contributed by atoms with Crippen molar-refractivity contribution in [2.75, 3.05) is 17.3 Å². The van der Waals surface area contributed by atoms with Crippen LogP contribution in [0.15, 0.2) is 29.2 Å². The van der Waals surface area contributed by atoms with E-state index in [4.69, 9.17) is 5.11 Å². The zero-order chi connectivity index (χ0) is 24.7. The molecule has 0 spiro atoms. The van der Waals surface area contributed by atoms with Gasteiger partial charge >= 0.3 is 5.97 Å². The zero-order valence-corrected chi connectivity index (χ0v) is 23.4. The normalized spacial score (nSPS) is 12.1. The van der Waals surface area contributed by atoms with E-state index in [9.17, 15) is 9.00 Å². The second-order valence-corrected chi connectivity index (χ2v) is 12.4. The fourth-order valence-corrected chi connectivity index (χ4v) is 6.29. The Morgan fingerprint density at radius 1 is 0.676 bits per heavy atom. The first-order valence-corrected chi connectivity index (χ1v) is 16.3. The molecule has 0 amide bonds. The number of benzene rings is 1. The highest BCUT2D eigenvalue weighted by Gasteiger charge is 2.03. The number of thioether (sulfide) groups is 1. The fraction of sp³-hybridized carbons (Fsp3) is 0.759. The Balaban J connectivity index is 1.72. The van der Waals surface area contributed by atoms with Crippen LogP contribution in [0.2, 0.25) is 0 Å². The second kappa shape index (κ2) is 22.6. The molecule has 1 N–H and O–H groups in total. The summed E-state index contributed by atoms with van der Waals surface area (Å²) in [4.78, 5) is 11.4. The van der Waals surface area contributed by atoms with Gasteiger partial charge in [-0.2, -0.15) is 11.8 Å². The van der Waals surface area contributed by atoms with Crippen LogP contribution in [0.5, 0.6) is 0 Å². The summed E-state index contributed by atoms with van der Waals surface area (Å²) in [5.41, 5.74) is 1.22. The van der Waals surface area contributed by atoms with Crippen molar-refractivity contribution in [1.29, 1.82) is 0 Å². The highest BCUT2D eigenvalue weighted by Crippen LogP contribution is 2.15. The molecule has 0 aliphatic carbocycles. The van der Waals surface area contributed by atoms with Crippen LogP contribution >= 0.6 is 11.8 Å². The van der Waals surface area contributed by atoms with E-state index in [2.05, 4.69) is 18.7 Å². The van der Waals surface area contributed by atoms with Crippen molar-refractivity contribution in [3.8, 4) is 0 Å². The van der Waals surface area contributed by atoms with Crippen LogP contribution in [0.4, 0.5) is 0 Å². The lowest BCUT2D eigenvalue weighted by Gasteiger charge is -2.05. The first kappa shape index (κ1) is 31.2. The number of hydrogen-bond donors (Lipinski definition) is 1. The van der Waals surface area contributed by atoms with Crippen LogP contribution in [0.3, 0.4) is 0 Å². The predicted molar refractivity (Wildman–Crippen MR) is 151 cm³/mol. The molecular weight excluding hydrogens is 460 g/mol. The summed E-state index contributed by atoms with van der Waals surface area (Å²) in [6.07, 6.45) is 21.8. The fourth-order valence-electron chi connectivity index (χ4n) is 4.13. The summed E-state index contributed by atoms with van der Waals surface area (Å²) >= 11 is 2.13. The molecule has 0 saturated heterocycles. The van der Waals surface area contributed by atoms with Gasteiger partial charge in [0.25, 0.3) is 0 Å². The topological polar surface area (TPSA) is 54.4 Å². The highest BCUT2D eigenvalue weighted by molar-refractivity contribution is 7.99. The van der Waals surface area contributed by atoms with Crippen molar-refractivity contribution >= 4 is 28.5 Å². The molecule has 0 aliphatic heterocycles. The molecule has 5 heteroatoms. The van der Waals surface area contributed by atoms with Crippen LogP contribution in [0.25, 0.3) is 0 Å². The van der Waals surface area contributed by atoms with Crippen molar-refractivity contribution in [3.05, 3.63) is 29.8 Å². The standard InChI is InChI=1S/C29H50O3S2/c1-27-20-22-28(23-21-27)34(32)26-18-14-10-6-2-4-8-12-16-24-33-25-17-13-9-5-3-7-11-15-19-29(30)31/h20-23H,2-19,24-26H2,1H3,(H,30,31). The number of carbonyl (C=O) groups is 1. The van der Waals surface area contributed by atoms with Crippen LogP contribution < -0.4 is 0 Å². The first-order chi connectivity index (χ1) is 16.6. The number of unbranched alkanes of at least 4 members (excludes halogenated alkanes) is 15. The molecule has 34 heavy (non-hydrogen) atoms. The molecule has 1 unspecified atom stereocenters. The van der Waals surface area contributed by atoms with Crippen LogP contribution in [-0.2, 0) is 15.6 Å². The molecule has 196 valence electrons. The SMILES string of the molecule is Cc1ccc(S(=O)CCCCCCCCCCCSCCCCCCCCCCC(=O)O)cc1. The molecule has 0 heterocycles. The average Bonchev–Trinajstić information content (AvgIpc) is 2.82. The Morgan fingerprint density at radius 3 is 1.56 bits per heavy atom. The maximum absolute atomic E-state index is 12.3. The smallest absolute Gasteiger partial charge is 0.303 e. The molecule has 0 saturated carbocycles. The number of rotatable bonds is 24. The van der Waals surface area contributed by atoms with Gasteiger partial charge in [0.2, 0.25) is 0 Å². The van der Waals surface area contributed by atoms with E-state index in [1.165, 1.54) is 107 Å². The molecule has 3 nitrogen and oxygen atoms in total. The Hall–Kier alpha value is -0.810. The maximum Gasteiger partial charge on any atom is 0.303 e. The average molecular weight is 511 g/mol. The number of aliphatic carboxylic acids is 1. The monoisotopic (exact) mass is 510 g/mol. The summed E-state index contributed by atoms with van der Waals surface area (Å²) in [6.45, 7) is 2.06. The van der Waals surface area contributed by atoms with Gasteiger partial charge < -0.3 is 5.11 Å². The lowest BCUT2D eigenvalue weighted by molar-refractivity contribution is -0.137. The van der Waals surface area contributed by atoms with Gasteiger partial charge in [-0.25, -0.2) is 0 Å². The molecule has 1 rings (SSSR count). The van der Waals surface area contributed by atoms with E-state index in [0.717, 1.165) is 29.9 Å². The molecule has 0 bridgehead atoms. The molecule has 0 fully saturated rings. The third-order valence-electron chi connectivity index (χ3n) is 6.33. The van der Waals surface area contributed by atoms with E-state index in [-0.39, 0.29) is 0 Å². The summed E-state index contributed by atoms with van der Waals surface area (Å²) in [5.74, 6) is 2.77. The minimum atomic E-state index is -0.830. The largest absolute Gasteiger partial charge is 0.481 e. The summed E-state index contributed by atoms with van der Waals surface area (Å²) in [5, 5.41) is 8.61. The minimum Gasteiger partial charge on any atom is -0.481 e. The van der Waals surface area contributed by atoms with E-state index >= 15 is 0 Å². The zero-order valence-electron chi connectivity index (χ0n) is 21.7. The summed E-state index contributed by atoms with van der Waals surface area (Å²) in [6, 6.07) is 8.10. The van der Waals surface area contributed by atoms with Gasteiger partial charge in [0.15, 0.2) is 0 Å². The lowest BCUT2D eigenvalue weighted by atomic mass is 10.1. The molecule has 1 aromatic carbocycles. The van der Waals surface area contributed by atoms with Gasteiger partial charge in [-0.05, 0) is 56.2 Å². The highest BCUT2D eigenvalue weighted by atomic mass is 32.2. The van der Waals surface area contributed by atoms with Crippen LogP contribution in [-0.4, -0.2) is 32.5 Å². The van der Waals surface area contributed by atoms with Gasteiger partial charge in [0, 0.05) is 17.1 Å². The first-order valence-electron chi connectivity index (χ1n) is 13.8. The van der Waals surface area contributed by atoms with E-state index in [1.54, 1.807) is 0 Å². The van der Waals surface area contributed by atoms with Gasteiger partial charge in [0.1, 0.15) is 0 Å². The lowest BCUT2D eigenvalue weighted by Crippen LogP contribution is -1.98. The quantitative estimate of drug-likeness (QED) is 0.141. The summed E-state index contributed by atoms with van der Waals surface area (Å²) < 4.78 is 12.3. The van der Waals surface area contributed by atoms with Crippen molar-refractivity contribution in [1.82, 2.24) is 0 Å². The predicted octanol–water partition coefficient (Wildman–Crippen LogP) is 8.94. The molecular formula is C29H50O3S2. The Bertz CT molecular complexity index is 631. The number of carboxylic acids is 1. The van der Waals surface area contributed by atoms with Crippen molar-refractivity contribution in [3.63, 3.8) is 0 Å². The van der Waals surface area contributed by atoms with Gasteiger partial charge in [0.05, 0.1) is 10.8 Å². The number of aryl methyl sites for hydroxylation is 1. The Kier molecular flexibility index (Phi) is 20.8. The molecule has 1 aromatic rings. The van der Waals surface area contributed by atoms with E-state index in [0.29, 0.717) is 6.42 Å². The Morgan fingerprint density at radius 2 is 1.09 bits per heavy atom. The third kappa shape index (κ3) is 19.5. The minimum absolute atomic E-state index is 0.331. The van der Waals surface area contributed by atoms with Crippen molar-refractivity contribution < 1.29 is 14.1 Å². The molecule has 0 aliphatic rings. The van der Waals surface area contributed by atoms with Gasteiger partial charge in [-0.3, -0.25) is 9.00 Å². The second-order valence-electron chi connectivity index (χ2n) is 9.63. The third-order valence-corrected chi connectivity index (χ3v) is 8.94. The molecule has 0 radical (unpaired) electrons. The van der Waals surface area contributed by atoms with E-state index < -0.39 is 16.8 Å². The Labute approximate surface area is 216 Å². The van der Waals surface area contributed by atoms with Crippen molar-refractivity contribution in [2.45, 2.75) is 127 Å². The number of hydrogen-bond acceptors (Lipinski definition) is 3. The van der Waals surface area contributed by atoms with Crippen LogP contribution in [0.1, 0.15) is 121 Å².